The van der Waals surface area contributed by atoms with Crippen LogP contribution >= 0.6 is 0 Å². The maximum Gasteiger partial charge on any atom is 0.150 e. The standard InChI is InChI=1S/C22H26N6O/c1-16-3-4-18(20(11-16)29-2)15-28-9-5-17(6-10-28)19-12-24-14-22(26-19)27-21-13-23-7-8-25-21/h3-4,7-8,11-14,17H,5-6,9-10,15H2,1-2H3,(H,25,26,27). The molecule has 0 spiro atoms. The highest BCUT2D eigenvalue weighted by molar-refractivity contribution is 5.48. The highest BCUT2D eigenvalue weighted by atomic mass is 16.5. The molecule has 0 unspecified atom stereocenters. The molecule has 0 radical (unpaired) electrons. The highest BCUT2D eigenvalue weighted by Gasteiger charge is 2.23. The molecular weight excluding hydrogens is 364 g/mol. The first-order chi connectivity index (χ1) is 14.2. The van der Waals surface area contributed by atoms with Gasteiger partial charge in [-0.15, -0.1) is 0 Å². The Hall–Kier alpha value is -3.06. The molecule has 29 heavy (non-hydrogen) atoms. The molecule has 7 heteroatoms. The SMILES string of the molecule is COc1cc(C)ccc1CN1CCC(c2cncc(Nc3cnccn3)n2)CC1. The summed E-state index contributed by atoms with van der Waals surface area (Å²) in [4.78, 5) is 19.9. The Bertz CT molecular complexity index is 941. The molecule has 2 aromatic heterocycles. The first-order valence-corrected chi connectivity index (χ1v) is 9.92. The summed E-state index contributed by atoms with van der Waals surface area (Å²) in [5.74, 6) is 2.76. The van der Waals surface area contributed by atoms with Crippen LogP contribution in [0.25, 0.3) is 0 Å². The predicted molar refractivity (Wildman–Crippen MR) is 112 cm³/mol. The molecule has 1 aromatic carbocycles. The number of benzene rings is 1. The van der Waals surface area contributed by atoms with Gasteiger partial charge >= 0.3 is 0 Å². The van der Waals surface area contributed by atoms with Gasteiger partial charge in [-0.05, 0) is 44.5 Å². The van der Waals surface area contributed by atoms with Crippen LogP contribution in [0.3, 0.4) is 0 Å². The number of rotatable bonds is 6. The van der Waals surface area contributed by atoms with E-state index in [1.165, 1.54) is 11.1 Å². The van der Waals surface area contributed by atoms with E-state index in [1.807, 2.05) is 6.20 Å². The van der Waals surface area contributed by atoms with Gasteiger partial charge in [0.1, 0.15) is 17.4 Å². The van der Waals surface area contributed by atoms with E-state index in [-0.39, 0.29) is 0 Å². The minimum Gasteiger partial charge on any atom is -0.496 e. The number of piperidine rings is 1. The highest BCUT2D eigenvalue weighted by Crippen LogP contribution is 2.29. The zero-order valence-corrected chi connectivity index (χ0v) is 16.9. The molecule has 7 nitrogen and oxygen atoms in total. The third-order valence-electron chi connectivity index (χ3n) is 5.31. The van der Waals surface area contributed by atoms with Crippen LogP contribution in [0.1, 0.15) is 35.6 Å². The van der Waals surface area contributed by atoms with Crippen molar-refractivity contribution in [1.29, 1.82) is 0 Å². The van der Waals surface area contributed by atoms with Crippen molar-refractivity contribution in [3.63, 3.8) is 0 Å². The van der Waals surface area contributed by atoms with Gasteiger partial charge in [-0.25, -0.2) is 9.97 Å². The summed E-state index contributed by atoms with van der Waals surface area (Å²) in [6.07, 6.45) is 10.7. The van der Waals surface area contributed by atoms with Crippen molar-refractivity contribution in [2.24, 2.45) is 0 Å². The molecule has 0 amide bonds. The summed E-state index contributed by atoms with van der Waals surface area (Å²) in [6.45, 7) is 5.07. The maximum absolute atomic E-state index is 5.56. The zero-order valence-electron chi connectivity index (χ0n) is 16.9. The second kappa shape index (κ2) is 8.96. The van der Waals surface area contributed by atoms with Gasteiger partial charge in [-0.1, -0.05) is 12.1 Å². The fraction of sp³-hybridized carbons (Fsp3) is 0.364. The van der Waals surface area contributed by atoms with Crippen molar-refractivity contribution in [3.8, 4) is 5.75 Å². The molecular formula is C22H26N6O. The van der Waals surface area contributed by atoms with Gasteiger partial charge < -0.3 is 10.1 Å². The lowest BCUT2D eigenvalue weighted by atomic mass is 9.93. The van der Waals surface area contributed by atoms with E-state index in [0.29, 0.717) is 17.6 Å². The van der Waals surface area contributed by atoms with Crippen molar-refractivity contribution in [1.82, 2.24) is 24.8 Å². The quantitative estimate of drug-likeness (QED) is 0.687. The number of hydrogen-bond acceptors (Lipinski definition) is 7. The molecule has 0 saturated carbocycles. The third kappa shape index (κ3) is 4.86. The summed E-state index contributed by atoms with van der Waals surface area (Å²) in [6, 6.07) is 6.43. The lowest BCUT2D eigenvalue weighted by molar-refractivity contribution is 0.201. The molecule has 3 aromatic rings. The van der Waals surface area contributed by atoms with Crippen molar-refractivity contribution in [2.75, 3.05) is 25.5 Å². The van der Waals surface area contributed by atoms with E-state index in [2.05, 4.69) is 50.3 Å². The van der Waals surface area contributed by atoms with Crippen LogP contribution in [-0.4, -0.2) is 45.0 Å². The number of hydrogen-bond donors (Lipinski definition) is 1. The Morgan fingerprint density at radius 1 is 1.07 bits per heavy atom. The molecule has 1 saturated heterocycles. The Labute approximate surface area is 171 Å². The van der Waals surface area contributed by atoms with E-state index in [9.17, 15) is 0 Å². The topological polar surface area (TPSA) is 76.1 Å². The predicted octanol–water partition coefficient (Wildman–Crippen LogP) is 3.71. The van der Waals surface area contributed by atoms with Crippen LogP contribution < -0.4 is 10.1 Å². The van der Waals surface area contributed by atoms with Gasteiger partial charge in [0.2, 0.25) is 0 Å². The summed E-state index contributed by atoms with van der Waals surface area (Å²) >= 11 is 0. The van der Waals surface area contributed by atoms with E-state index in [0.717, 1.165) is 43.9 Å². The summed E-state index contributed by atoms with van der Waals surface area (Å²) in [7, 11) is 1.74. The second-order valence-corrected chi connectivity index (χ2v) is 7.41. The first-order valence-electron chi connectivity index (χ1n) is 9.92. The third-order valence-corrected chi connectivity index (χ3v) is 5.31. The van der Waals surface area contributed by atoms with E-state index in [1.54, 1.807) is 31.9 Å². The molecule has 0 aliphatic carbocycles. The van der Waals surface area contributed by atoms with Crippen LogP contribution in [0.2, 0.25) is 0 Å². The van der Waals surface area contributed by atoms with Crippen molar-refractivity contribution in [2.45, 2.75) is 32.2 Å². The van der Waals surface area contributed by atoms with Crippen LogP contribution in [0.5, 0.6) is 5.75 Å². The Morgan fingerprint density at radius 3 is 2.66 bits per heavy atom. The number of nitrogens with one attached hydrogen (secondary N) is 1. The van der Waals surface area contributed by atoms with Crippen LogP contribution in [0.15, 0.2) is 49.2 Å². The zero-order chi connectivity index (χ0) is 20.1. The number of ether oxygens (including phenoxy) is 1. The average molecular weight is 390 g/mol. The van der Waals surface area contributed by atoms with Gasteiger partial charge in [-0.3, -0.25) is 14.9 Å². The van der Waals surface area contributed by atoms with E-state index < -0.39 is 0 Å². The lowest BCUT2D eigenvalue weighted by Gasteiger charge is -2.32. The van der Waals surface area contributed by atoms with Crippen LogP contribution in [0.4, 0.5) is 11.6 Å². The van der Waals surface area contributed by atoms with Crippen molar-refractivity contribution < 1.29 is 4.74 Å². The van der Waals surface area contributed by atoms with Crippen molar-refractivity contribution >= 4 is 11.6 Å². The number of anilines is 2. The minimum atomic E-state index is 0.419. The van der Waals surface area contributed by atoms with Gasteiger partial charge in [-0.2, -0.15) is 0 Å². The molecule has 1 N–H and O–H groups in total. The molecule has 3 heterocycles. The molecule has 1 aliphatic heterocycles. The normalized spacial score (nSPS) is 15.2. The molecule has 4 rings (SSSR count). The first kappa shape index (κ1) is 19.3. The van der Waals surface area contributed by atoms with Crippen LogP contribution in [-0.2, 0) is 6.54 Å². The lowest BCUT2D eigenvalue weighted by Crippen LogP contribution is -2.32. The Balaban J connectivity index is 1.37. The van der Waals surface area contributed by atoms with Gasteiger partial charge in [0.05, 0.1) is 25.2 Å². The summed E-state index contributed by atoms with van der Waals surface area (Å²) < 4.78 is 5.56. The van der Waals surface area contributed by atoms with E-state index in [4.69, 9.17) is 9.72 Å². The summed E-state index contributed by atoms with van der Waals surface area (Å²) in [5, 5.41) is 3.17. The smallest absolute Gasteiger partial charge is 0.150 e. The number of likely N-dealkylation sites (tertiary alicyclic amines) is 1. The van der Waals surface area contributed by atoms with Crippen molar-refractivity contribution in [3.05, 3.63) is 66.0 Å². The largest absolute Gasteiger partial charge is 0.496 e. The van der Waals surface area contributed by atoms with Gasteiger partial charge in [0.25, 0.3) is 0 Å². The Kier molecular flexibility index (Phi) is 5.95. The van der Waals surface area contributed by atoms with Gasteiger partial charge in [0, 0.05) is 36.6 Å². The fourth-order valence-corrected chi connectivity index (χ4v) is 3.74. The second-order valence-electron chi connectivity index (χ2n) is 7.41. The minimum absolute atomic E-state index is 0.419. The average Bonchev–Trinajstić information content (AvgIpc) is 2.76. The number of methoxy groups -OCH3 is 1. The number of nitrogens with zero attached hydrogens (tertiary/aromatic N) is 5. The molecule has 150 valence electrons. The summed E-state index contributed by atoms with van der Waals surface area (Å²) in [5.41, 5.74) is 3.50. The van der Waals surface area contributed by atoms with E-state index >= 15 is 0 Å². The molecule has 1 aliphatic rings. The maximum atomic E-state index is 5.56. The Morgan fingerprint density at radius 2 is 1.90 bits per heavy atom. The molecule has 0 bridgehead atoms. The van der Waals surface area contributed by atoms with Gasteiger partial charge in [0.15, 0.2) is 0 Å². The molecule has 0 atom stereocenters. The fourth-order valence-electron chi connectivity index (χ4n) is 3.74. The number of aromatic nitrogens is 4. The van der Waals surface area contributed by atoms with Crippen LogP contribution in [0, 0.1) is 6.92 Å². The molecule has 1 fully saturated rings. The number of aryl methyl sites for hydroxylation is 1. The monoisotopic (exact) mass is 390 g/mol.